The average molecular weight is 248 g/mol. The Bertz CT molecular complexity index is 423. The van der Waals surface area contributed by atoms with Crippen LogP contribution in [0.2, 0.25) is 0 Å². The molecule has 1 aromatic rings. The van der Waals surface area contributed by atoms with Crippen LogP contribution in [0, 0.1) is 22.7 Å². The molecule has 0 fully saturated rings. The first kappa shape index (κ1) is 13.1. The Hall–Kier alpha value is -1.99. The molecule has 7 heteroatoms. The van der Waals surface area contributed by atoms with Gasteiger partial charge in [0.2, 0.25) is 0 Å². The molecule has 1 N–H and O–H groups in total. The molecule has 0 aliphatic carbocycles. The minimum atomic E-state index is 0.127. The SMILES string of the molecule is CNc1cc(N(CC#N)CC#N)nc(SC)n1. The van der Waals surface area contributed by atoms with Gasteiger partial charge in [0.15, 0.2) is 5.16 Å². The van der Waals surface area contributed by atoms with E-state index in [0.29, 0.717) is 16.8 Å². The molecule has 1 rings (SSSR count). The lowest BCUT2D eigenvalue weighted by Gasteiger charge is -2.17. The van der Waals surface area contributed by atoms with Crippen molar-refractivity contribution in [3.63, 3.8) is 0 Å². The molecule has 0 radical (unpaired) electrons. The smallest absolute Gasteiger partial charge is 0.191 e. The van der Waals surface area contributed by atoms with E-state index in [4.69, 9.17) is 10.5 Å². The summed E-state index contributed by atoms with van der Waals surface area (Å²) in [5.74, 6) is 1.25. The number of rotatable bonds is 5. The second kappa shape index (κ2) is 6.56. The quantitative estimate of drug-likeness (QED) is 0.474. The Morgan fingerprint density at radius 1 is 1.35 bits per heavy atom. The Morgan fingerprint density at radius 2 is 2.00 bits per heavy atom. The highest BCUT2D eigenvalue weighted by Crippen LogP contribution is 2.19. The van der Waals surface area contributed by atoms with E-state index in [1.165, 1.54) is 11.8 Å². The number of thioether (sulfide) groups is 1. The normalized spacial score (nSPS) is 9.18. The molecule has 0 aliphatic heterocycles. The van der Waals surface area contributed by atoms with Crippen molar-refractivity contribution < 1.29 is 0 Å². The lowest BCUT2D eigenvalue weighted by atomic mass is 10.4. The number of nitriles is 2. The van der Waals surface area contributed by atoms with Crippen molar-refractivity contribution in [1.82, 2.24) is 9.97 Å². The number of hydrogen-bond acceptors (Lipinski definition) is 7. The maximum atomic E-state index is 8.71. The molecule has 0 unspecified atom stereocenters. The highest BCUT2D eigenvalue weighted by Gasteiger charge is 2.10. The van der Waals surface area contributed by atoms with E-state index < -0.39 is 0 Å². The first-order chi connectivity index (χ1) is 8.24. The molecule has 0 spiro atoms. The van der Waals surface area contributed by atoms with Crippen molar-refractivity contribution in [3.8, 4) is 12.1 Å². The zero-order valence-electron chi connectivity index (χ0n) is 9.64. The van der Waals surface area contributed by atoms with Crippen molar-refractivity contribution in [2.24, 2.45) is 0 Å². The van der Waals surface area contributed by atoms with E-state index in [9.17, 15) is 0 Å². The molecule has 0 saturated heterocycles. The summed E-state index contributed by atoms with van der Waals surface area (Å²) in [5.41, 5.74) is 0. The lowest BCUT2D eigenvalue weighted by molar-refractivity contribution is 0.881. The lowest BCUT2D eigenvalue weighted by Crippen LogP contribution is -2.25. The molecule has 1 heterocycles. The Balaban J connectivity index is 3.09. The van der Waals surface area contributed by atoms with Crippen molar-refractivity contribution in [2.45, 2.75) is 5.16 Å². The highest BCUT2D eigenvalue weighted by molar-refractivity contribution is 7.98. The van der Waals surface area contributed by atoms with E-state index in [-0.39, 0.29) is 13.1 Å². The first-order valence-corrected chi connectivity index (χ1v) is 6.07. The fourth-order valence-electron chi connectivity index (χ4n) is 1.18. The largest absolute Gasteiger partial charge is 0.373 e. The summed E-state index contributed by atoms with van der Waals surface area (Å²) in [6.45, 7) is 0.253. The van der Waals surface area contributed by atoms with Crippen molar-refractivity contribution in [3.05, 3.63) is 6.07 Å². The number of anilines is 2. The monoisotopic (exact) mass is 248 g/mol. The standard InChI is InChI=1S/C10H12N6S/c1-13-8-7-9(15-10(14-8)17-2)16(5-3-11)6-4-12/h7H,5-6H2,1-2H3,(H,13,14,15). The third-order valence-corrected chi connectivity index (χ3v) is 2.53. The Kier molecular flexibility index (Phi) is 5.05. The van der Waals surface area contributed by atoms with Crippen LogP contribution in [-0.2, 0) is 0 Å². The summed E-state index contributed by atoms with van der Waals surface area (Å²) in [6.07, 6.45) is 1.87. The Morgan fingerprint density at radius 3 is 2.47 bits per heavy atom. The van der Waals surface area contributed by atoms with Gasteiger partial charge in [0.25, 0.3) is 0 Å². The molecule has 6 nitrogen and oxygen atoms in total. The van der Waals surface area contributed by atoms with Gasteiger partial charge in [-0.3, -0.25) is 0 Å². The van der Waals surface area contributed by atoms with Crippen molar-refractivity contribution in [2.75, 3.05) is 36.6 Å². The molecule has 0 amide bonds. The van der Waals surface area contributed by atoms with Gasteiger partial charge in [-0.2, -0.15) is 10.5 Å². The molecule has 0 aliphatic rings. The van der Waals surface area contributed by atoms with Crippen LogP contribution < -0.4 is 10.2 Å². The van der Waals surface area contributed by atoms with Crippen LogP contribution in [0.5, 0.6) is 0 Å². The third kappa shape index (κ3) is 3.51. The molecule has 1 aromatic heterocycles. The second-order valence-corrected chi connectivity index (χ2v) is 3.79. The Labute approximate surface area is 104 Å². The van der Waals surface area contributed by atoms with Gasteiger partial charge in [-0.05, 0) is 6.26 Å². The van der Waals surface area contributed by atoms with E-state index in [0.717, 1.165) is 0 Å². The fraction of sp³-hybridized carbons (Fsp3) is 0.400. The predicted octanol–water partition coefficient (Wildman–Crippen LogP) is 1.09. The summed E-state index contributed by atoms with van der Waals surface area (Å²) in [4.78, 5) is 10.1. The molecule has 88 valence electrons. The average Bonchev–Trinajstić information content (AvgIpc) is 2.37. The van der Waals surface area contributed by atoms with E-state index in [1.54, 1.807) is 18.0 Å². The molecule has 17 heavy (non-hydrogen) atoms. The number of nitrogens with one attached hydrogen (secondary N) is 1. The second-order valence-electron chi connectivity index (χ2n) is 3.02. The van der Waals surface area contributed by atoms with Crippen LogP contribution in [-0.4, -0.2) is 36.4 Å². The molecule has 0 saturated carbocycles. The van der Waals surface area contributed by atoms with Gasteiger partial charge in [-0.15, -0.1) is 0 Å². The maximum Gasteiger partial charge on any atom is 0.191 e. The minimum Gasteiger partial charge on any atom is -0.373 e. The fourth-order valence-corrected chi connectivity index (χ4v) is 1.56. The van der Waals surface area contributed by atoms with Gasteiger partial charge in [-0.25, -0.2) is 9.97 Å². The summed E-state index contributed by atoms with van der Waals surface area (Å²) in [7, 11) is 1.76. The molecular weight excluding hydrogens is 236 g/mol. The summed E-state index contributed by atoms with van der Waals surface area (Å²) in [5, 5.41) is 21.0. The van der Waals surface area contributed by atoms with Gasteiger partial charge >= 0.3 is 0 Å². The van der Waals surface area contributed by atoms with Crippen LogP contribution in [0.25, 0.3) is 0 Å². The van der Waals surface area contributed by atoms with Crippen LogP contribution in [0.1, 0.15) is 0 Å². The van der Waals surface area contributed by atoms with Crippen molar-refractivity contribution in [1.29, 1.82) is 10.5 Å². The van der Waals surface area contributed by atoms with Crippen LogP contribution in [0.15, 0.2) is 11.2 Å². The summed E-state index contributed by atoms with van der Waals surface area (Å²) < 4.78 is 0. The minimum absolute atomic E-state index is 0.127. The van der Waals surface area contributed by atoms with Crippen molar-refractivity contribution >= 4 is 23.4 Å². The maximum absolute atomic E-state index is 8.71. The first-order valence-electron chi connectivity index (χ1n) is 4.84. The topological polar surface area (TPSA) is 88.6 Å². The van der Waals surface area contributed by atoms with Gasteiger partial charge in [0.05, 0.1) is 12.1 Å². The van der Waals surface area contributed by atoms with Gasteiger partial charge in [0, 0.05) is 13.1 Å². The van der Waals surface area contributed by atoms with E-state index in [1.807, 2.05) is 18.4 Å². The van der Waals surface area contributed by atoms with Gasteiger partial charge in [-0.1, -0.05) is 11.8 Å². The van der Waals surface area contributed by atoms with E-state index in [2.05, 4.69) is 15.3 Å². The van der Waals surface area contributed by atoms with Gasteiger partial charge in [0.1, 0.15) is 24.7 Å². The van der Waals surface area contributed by atoms with Gasteiger partial charge < -0.3 is 10.2 Å². The molecular formula is C10H12N6S. The van der Waals surface area contributed by atoms with Crippen LogP contribution in [0.4, 0.5) is 11.6 Å². The van der Waals surface area contributed by atoms with E-state index >= 15 is 0 Å². The van der Waals surface area contributed by atoms with Crippen LogP contribution in [0.3, 0.4) is 0 Å². The molecule has 0 bridgehead atoms. The summed E-state index contributed by atoms with van der Waals surface area (Å²) >= 11 is 1.41. The van der Waals surface area contributed by atoms with Crippen LogP contribution >= 0.6 is 11.8 Å². The number of nitrogens with zero attached hydrogens (tertiary/aromatic N) is 5. The molecule has 0 atom stereocenters. The number of aromatic nitrogens is 2. The highest BCUT2D eigenvalue weighted by atomic mass is 32.2. The zero-order valence-corrected chi connectivity index (χ0v) is 10.5. The number of hydrogen-bond donors (Lipinski definition) is 1. The molecule has 0 aromatic carbocycles. The third-order valence-electron chi connectivity index (χ3n) is 1.98. The summed E-state index contributed by atoms with van der Waals surface area (Å²) in [6, 6.07) is 5.74. The predicted molar refractivity (Wildman–Crippen MR) is 66.8 cm³/mol. The zero-order chi connectivity index (χ0) is 12.7.